The first-order valence-corrected chi connectivity index (χ1v) is 10.1. The molecule has 0 N–H and O–H groups in total. The van der Waals surface area contributed by atoms with Crippen molar-refractivity contribution in [3.05, 3.63) is 58.1 Å². The third-order valence-corrected chi connectivity index (χ3v) is 5.72. The van der Waals surface area contributed by atoms with E-state index in [1.165, 1.54) is 13.0 Å². The number of hydrogen-bond acceptors (Lipinski definition) is 7. The van der Waals surface area contributed by atoms with E-state index in [-0.39, 0.29) is 41.8 Å². The molecule has 0 radical (unpaired) electrons. The molecule has 160 valence electrons. The maximum Gasteiger partial charge on any atom is 0.294 e. The third-order valence-electron chi connectivity index (χ3n) is 5.72. The van der Waals surface area contributed by atoms with Crippen LogP contribution in [0.15, 0.2) is 42.5 Å². The van der Waals surface area contributed by atoms with Gasteiger partial charge in [0.15, 0.2) is 5.78 Å². The lowest BCUT2D eigenvalue weighted by Gasteiger charge is -2.37. The average molecular weight is 422 g/mol. The first kappa shape index (κ1) is 20.5. The van der Waals surface area contributed by atoms with E-state index in [1.54, 1.807) is 24.3 Å². The van der Waals surface area contributed by atoms with Crippen LogP contribution < -0.4 is 14.7 Å². The molecule has 0 aromatic heterocycles. The van der Waals surface area contributed by atoms with E-state index in [0.717, 1.165) is 10.6 Å². The standard InChI is InChI=1S/C22H22N4O5/c1-15(27)16-2-4-17(5-3-16)23-10-12-24(13-11-23)19-7-6-18(14-20(19)26(30)31)25-21(28)8-9-22(25)29/h2-7,14H,8-13H2,1H3. The van der Waals surface area contributed by atoms with Gasteiger partial charge in [-0.3, -0.25) is 29.4 Å². The number of carbonyl (C=O) groups is 3. The topological polar surface area (TPSA) is 104 Å². The number of rotatable bonds is 5. The summed E-state index contributed by atoms with van der Waals surface area (Å²) in [7, 11) is 0. The number of nitrogens with zero attached hydrogens (tertiary/aromatic N) is 4. The quantitative estimate of drug-likeness (QED) is 0.316. The van der Waals surface area contributed by atoms with Gasteiger partial charge in [-0.2, -0.15) is 0 Å². The predicted octanol–water partition coefficient (Wildman–Crippen LogP) is 2.78. The summed E-state index contributed by atoms with van der Waals surface area (Å²) in [5, 5.41) is 11.7. The molecule has 0 spiro atoms. The number of anilines is 3. The maximum atomic E-state index is 12.0. The normalized spacial score (nSPS) is 16.7. The van der Waals surface area contributed by atoms with Gasteiger partial charge in [0, 0.05) is 56.3 Å². The Morgan fingerprint density at radius 2 is 1.42 bits per heavy atom. The van der Waals surface area contributed by atoms with E-state index < -0.39 is 4.92 Å². The Kier molecular flexibility index (Phi) is 5.41. The first-order valence-electron chi connectivity index (χ1n) is 10.1. The van der Waals surface area contributed by atoms with Gasteiger partial charge in [-0.05, 0) is 43.3 Å². The van der Waals surface area contributed by atoms with Gasteiger partial charge in [0.2, 0.25) is 11.8 Å². The predicted molar refractivity (Wildman–Crippen MR) is 116 cm³/mol. The van der Waals surface area contributed by atoms with Gasteiger partial charge in [-0.25, -0.2) is 0 Å². The molecule has 9 nitrogen and oxygen atoms in total. The molecule has 2 fully saturated rings. The molecule has 2 aliphatic rings. The van der Waals surface area contributed by atoms with Crippen molar-refractivity contribution in [2.75, 3.05) is 40.9 Å². The van der Waals surface area contributed by atoms with E-state index in [9.17, 15) is 24.5 Å². The molecule has 0 aliphatic carbocycles. The molecule has 31 heavy (non-hydrogen) atoms. The lowest BCUT2D eigenvalue weighted by Crippen LogP contribution is -2.46. The van der Waals surface area contributed by atoms with Crippen LogP contribution in [0.3, 0.4) is 0 Å². The number of imide groups is 1. The summed E-state index contributed by atoms with van der Waals surface area (Å²) < 4.78 is 0. The molecule has 2 heterocycles. The van der Waals surface area contributed by atoms with Gasteiger partial charge >= 0.3 is 0 Å². The molecule has 2 aromatic carbocycles. The molecule has 2 aliphatic heterocycles. The largest absolute Gasteiger partial charge is 0.368 e. The van der Waals surface area contributed by atoms with E-state index in [1.807, 2.05) is 17.0 Å². The number of piperazine rings is 1. The Balaban J connectivity index is 1.51. The fraction of sp³-hybridized carbons (Fsp3) is 0.318. The molecular formula is C22H22N4O5. The van der Waals surface area contributed by atoms with E-state index >= 15 is 0 Å². The van der Waals surface area contributed by atoms with Crippen molar-refractivity contribution in [1.82, 2.24) is 0 Å². The number of hydrogen-bond donors (Lipinski definition) is 0. The summed E-state index contributed by atoms with van der Waals surface area (Å²) in [6, 6.07) is 11.9. The van der Waals surface area contributed by atoms with E-state index in [4.69, 9.17) is 0 Å². The zero-order chi connectivity index (χ0) is 22.1. The van der Waals surface area contributed by atoms with Crippen LogP contribution in [0, 0.1) is 10.1 Å². The van der Waals surface area contributed by atoms with Crippen molar-refractivity contribution in [2.45, 2.75) is 19.8 Å². The van der Waals surface area contributed by atoms with Crippen LogP contribution in [0.5, 0.6) is 0 Å². The monoisotopic (exact) mass is 422 g/mol. The molecule has 2 saturated heterocycles. The second-order valence-corrected chi connectivity index (χ2v) is 7.63. The van der Waals surface area contributed by atoms with Crippen LogP contribution in [-0.4, -0.2) is 48.7 Å². The summed E-state index contributed by atoms with van der Waals surface area (Å²) in [6.07, 6.45) is 0.257. The molecule has 0 saturated carbocycles. The van der Waals surface area contributed by atoms with Gasteiger partial charge < -0.3 is 9.80 Å². The fourth-order valence-corrected chi connectivity index (χ4v) is 4.04. The molecule has 0 atom stereocenters. The number of nitro groups is 1. The maximum absolute atomic E-state index is 12.0. The Morgan fingerprint density at radius 3 is 1.97 bits per heavy atom. The van der Waals surface area contributed by atoms with Crippen molar-refractivity contribution >= 4 is 40.3 Å². The number of carbonyl (C=O) groups excluding carboxylic acids is 3. The Morgan fingerprint density at radius 1 is 0.871 bits per heavy atom. The van der Waals surface area contributed by atoms with Crippen LogP contribution in [0.25, 0.3) is 0 Å². The van der Waals surface area contributed by atoms with Gasteiger partial charge in [-0.15, -0.1) is 0 Å². The zero-order valence-corrected chi connectivity index (χ0v) is 17.1. The van der Waals surface area contributed by atoms with Crippen LogP contribution >= 0.6 is 0 Å². The summed E-state index contributed by atoms with van der Waals surface area (Å²) in [6.45, 7) is 4.02. The molecule has 2 amide bonds. The highest BCUT2D eigenvalue weighted by Crippen LogP contribution is 2.35. The lowest BCUT2D eigenvalue weighted by molar-refractivity contribution is -0.384. The minimum absolute atomic E-state index is 0.0180. The van der Waals surface area contributed by atoms with Crippen LogP contribution in [0.1, 0.15) is 30.1 Å². The molecule has 4 rings (SSSR count). The SMILES string of the molecule is CC(=O)c1ccc(N2CCN(c3ccc(N4C(=O)CCC4=O)cc3[N+](=O)[O-])CC2)cc1. The minimum atomic E-state index is -0.475. The van der Waals surface area contributed by atoms with E-state index in [0.29, 0.717) is 37.4 Å². The molecular weight excluding hydrogens is 400 g/mol. The Labute approximate surface area is 179 Å². The molecule has 2 aromatic rings. The summed E-state index contributed by atoms with van der Waals surface area (Å²) in [4.78, 5) is 51.8. The van der Waals surface area contributed by atoms with Gasteiger partial charge in [0.05, 0.1) is 10.6 Å². The van der Waals surface area contributed by atoms with Gasteiger partial charge in [-0.1, -0.05) is 0 Å². The van der Waals surface area contributed by atoms with Crippen molar-refractivity contribution in [2.24, 2.45) is 0 Å². The Hall–Kier alpha value is -3.75. The number of nitro benzene ring substituents is 1. The molecule has 0 bridgehead atoms. The summed E-state index contributed by atoms with van der Waals surface area (Å²) in [5.41, 5.74) is 2.25. The second kappa shape index (κ2) is 8.17. The third kappa shape index (κ3) is 3.98. The van der Waals surface area contributed by atoms with Crippen LogP contribution in [-0.2, 0) is 9.59 Å². The highest BCUT2D eigenvalue weighted by molar-refractivity contribution is 6.20. The number of amides is 2. The number of benzene rings is 2. The average Bonchev–Trinajstić information content (AvgIpc) is 3.11. The minimum Gasteiger partial charge on any atom is -0.368 e. The van der Waals surface area contributed by atoms with Crippen LogP contribution in [0.2, 0.25) is 0 Å². The van der Waals surface area contributed by atoms with Crippen molar-refractivity contribution in [3.63, 3.8) is 0 Å². The van der Waals surface area contributed by atoms with Crippen LogP contribution in [0.4, 0.5) is 22.7 Å². The number of ketones is 1. The highest BCUT2D eigenvalue weighted by Gasteiger charge is 2.32. The zero-order valence-electron chi connectivity index (χ0n) is 17.1. The second-order valence-electron chi connectivity index (χ2n) is 7.63. The van der Waals surface area contributed by atoms with Gasteiger partial charge in [0.25, 0.3) is 5.69 Å². The first-order chi connectivity index (χ1) is 14.8. The summed E-state index contributed by atoms with van der Waals surface area (Å²) in [5.74, 6) is -0.655. The fourth-order valence-electron chi connectivity index (χ4n) is 4.04. The molecule has 0 unspecified atom stereocenters. The van der Waals surface area contributed by atoms with Crippen molar-refractivity contribution in [3.8, 4) is 0 Å². The van der Waals surface area contributed by atoms with Gasteiger partial charge in [0.1, 0.15) is 5.69 Å². The highest BCUT2D eigenvalue weighted by atomic mass is 16.6. The summed E-state index contributed by atoms with van der Waals surface area (Å²) >= 11 is 0. The van der Waals surface area contributed by atoms with Crippen molar-refractivity contribution < 1.29 is 19.3 Å². The van der Waals surface area contributed by atoms with Crippen molar-refractivity contribution in [1.29, 1.82) is 0 Å². The van der Waals surface area contributed by atoms with E-state index in [2.05, 4.69) is 4.90 Å². The lowest BCUT2D eigenvalue weighted by atomic mass is 10.1. The number of Topliss-reactive ketones (excluding diaryl/α,β-unsaturated/α-hetero) is 1. The molecule has 9 heteroatoms. The smallest absolute Gasteiger partial charge is 0.294 e. The Bertz CT molecular complexity index is 1040.